The normalized spacial score (nSPS) is 19.6. The Morgan fingerprint density at radius 3 is 2.65 bits per heavy atom. The number of hydrogen-bond acceptors (Lipinski definition) is 6. The number of fused-ring (bicyclic) bond motifs is 1. The molecule has 4 N–H and O–H groups in total. The number of benzene rings is 1. The van der Waals surface area contributed by atoms with Gasteiger partial charge in [-0.25, -0.2) is 4.39 Å². The topological polar surface area (TPSA) is 119 Å². The first kappa shape index (κ1) is 20.5. The summed E-state index contributed by atoms with van der Waals surface area (Å²) in [6.45, 7) is 3.14. The van der Waals surface area contributed by atoms with Crippen LogP contribution in [0.15, 0.2) is 47.1 Å². The number of nitrogens with one attached hydrogen (secondary N) is 1. The van der Waals surface area contributed by atoms with Crippen molar-refractivity contribution in [1.82, 2.24) is 14.9 Å². The van der Waals surface area contributed by atoms with Crippen molar-refractivity contribution in [3.63, 3.8) is 0 Å². The molecule has 9 heteroatoms. The fourth-order valence-corrected chi connectivity index (χ4v) is 3.40. The van der Waals surface area contributed by atoms with Gasteiger partial charge in [-0.05, 0) is 49.6 Å². The zero-order valence-electron chi connectivity index (χ0n) is 17.0. The molecule has 1 aliphatic heterocycles. The molecule has 2 aromatic heterocycles. The molecule has 0 aliphatic carbocycles. The zero-order valence-corrected chi connectivity index (χ0v) is 17.0. The molecular weight excluding hydrogens is 403 g/mol. The van der Waals surface area contributed by atoms with E-state index in [0.29, 0.717) is 11.9 Å². The van der Waals surface area contributed by atoms with Crippen LogP contribution in [0.2, 0.25) is 0 Å². The maximum Gasteiger partial charge on any atom is 0.291 e. The third kappa shape index (κ3) is 3.75. The highest BCUT2D eigenvalue weighted by Crippen LogP contribution is 2.27. The van der Waals surface area contributed by atoms with Gasteiger partial charge in [-0.3, -0.25) is 19.1 Å². The smallest absolute Gasteiger partial charge is 0.291 e. The average Bonchev–Trinajstić information content (AvgIpc) is 3.05. The van der Waals surface area contributed by atoms with E-state index in [2.05, 4.69) is 10.3 Å². The maximum atomic E-state index is 13.2. The van der Waals surface area contributed by atoms with Crippen LogP contribution in [0.25, 0.3) is 17.2 Å². The number of amides is 1. The minimum absolute atomic E-state index is 0.0453. The van der Waals surface area contributed by atoms with Crippen molar-refractivity contribution in [2.75, 3.05) is 6.54 Å². The third-order valence-electron chi connectivity index (χ3n) is 5.20. The van der Waals surface area contributed by atoms with Crippen LogP contribution in [0.3, 0.4) is 0 Å². The van der Waals surface area contributed by atoms with Crippen LogP contribution in [0.5, 0.6) is 5.75 Å². The van der Waals surface area contributed by atoms with Crippen LogP contribution in [-0.2, 0) is 16.0 Å². The Bertz CT molecular complexity index is 1280. The number of pyridine rings is 2. The molecule has 1 saturated heterocycles. The van der Waals surface area contributed by atoms with E-state index in [1.54, 1.807) is 31.3 Å². The van der Waals surface area contributed by atoms with Gasteiger partial charge in [0, 0.05) is 6.20 Å². The first-order valence-electron chi connectivity index (χ1n) is 9.61. The molecule has 1 aliphatic rings. The van der Waals surface area contributed by atoms with E-state index in [-0.39, 0.29) is 35.0 Å². The summed E-state index contributed by atoms with van der Waals surface area (Å²) in [5.41, 5.74) is 6.24. The molecule has 3 heterocycles. The number of hydrogen-bond donors (Lipinski definition) is 3. The molecule has 8 nitrogen and oxygen atoms in total. The molecule has 160 valence electrons. The van der Waals surface area contributed by atoms with E-state index in [4.69, 9.17) is 10.5 Å². The van der Waals surface area contributed by atoms with Crippen LogP contribution in [0, 0.1) is 12.7 Å². The number of aromatic hydroxyl groups is 1. The van der Waals surface area contributed by atoms with E-state index in [0.717, 1.165) is 11.1 Å². The number of carbonyl (C=O) groups is 1. The number of carbonyl (C=O) groups excluding carboxylic acids is 1. The Balaban J connectivity index is 1.85. The Kier molecular flexibility index (Phi) is 4.98. The fraction of sp³-hybridized carbons (Fsp3) is 0.227. The van der Waals surface area contributed by atoms with Crippen LogP contribution < -0.4 is 16.6 Å². The molecule has 31 heavy (non-hydrogen) atoms. The summed E-state index contributed by atoms with van der Waals surface area (Å²) in [7, 11) is 0. The summed E-state index contributed by atoms with van der Waals surface area (Å²) in [4.78, 5) is 29.6. The van der Waals surface area contributed by atoms with Gasteiger partial charge in [0.2, 0.25) is 5.76 Å². The fourth-order valence-electron chi connectivity index (χ4n) is 3.40. The van der Waals surface area contributed by atoms with E-state index >= 15 is 0 Å². The monoisotopic (exact) mass is 424 g/mol. The van der Waals surface area contributed by atoms with Gasteiger partial charge < -0.3 is 20.9 Å². The molecule has 1 aromatic carbocycles. The summed E-state index contributed by atoms with van der Waals surface area (Å²) in [5, 5.41) is 13.1. The first-order chi connectivity index (χ1) is 14.7. The van der Waals surface area contributed by atoms with Gasteiger partial charge in [0.25, 0.3) is 11.5 Å². The highest BCUT2D eigenvalue weighted by Gasteiger charge is 2.38. The predicted octanol–water partition coefficient (Wildman–Crippen LogP) is 1.76. The van der Waals surface area contributed by atoms with Crippen molar-refractivity contribution in [2.24, 2.45) is 5.73 Å². The predicted molar refractivity (Wildman–Crippen MR) is 113 cm³/mol. The van der Waals surface area contributed by atoms with E-state index in [1.165, 1.54) is 29.8 Å². The second-order valence-electron chi connectivity index (χ2n) is 7.65. The second-order valence-corrected chi connectivity index (χ2v) is 7.65. The first-order valence-corrected chi connectivity index (χ1v) is 9.61. The summed E-state index contributed by atoms with van der Waals surface area (Å²) >= 11 is 0. The van der Waals surface area contributed by atoms with Gasteiger partial charge in [-0.15, -0.1) is 0 Å². The molecule has 0 saturated carbocycles. The minimum atomic E-state index is -1.07. The molecular formula is C22H21FN4O4. The molecule has 1 unspecified atom stereocenters. The maximum absolute atomic E-state index is 13.2. The number of aromatic nitrogens is 2. The molecule has 1 fully saturated rings. The van der Waals surface area contributed by atoms with Gasteiger partial charge in [0.1, 0.15) is 11.3 Å². The third-order valence-corrected chi connectivity index (χ3v) is 5.20. The van der Waals surface area contributed by atoms with Crippen molar-refractivity contribution in [3.05, 3.63) is 75.1 Å². The summed E-state index contributed by atoms with van der Waals surface area (Å²) in [6.07, 6.45) is 3.29. The lowest BCUT2D eigenvalue weighted by molar-refractivity contribution is -0.117. The zero-order chi connectivity index (χ0) is 22.3. The van der Waals surface area contributed by atoms with Crippen molar-refractivity contribution in [2.45, 2.75) is 26.0 Å². The van der Waals surface area contributed by atoms with Crippen LogP contribution in [0.1, 0.15) is 23.6 Å². The standard InChI is InChI=1S/C22H21FN4O4/c1-12-19(28)18-16(8-14(9-25-18)7-13-3-5-15(23)6-4-13)27(21(12)30)10-17-20(29)26-22(2,11-24)31-17/h3-6,8-10,28H,7,11,24H2,1-2H3,(H,26,29)/b17-10-. The highest BCUT2D eigenvalue weighted by molar-refractivity contribution is 5.97. The average molecular weight is 424 g/mol. The SMILES string of the molecule is Cc1c(O)c2ncc(Cc3ccc(F)cc3)cc2n(/C=C2\OC(C)(CN)NC2=O)c1=O. The van der Waals surface area contributed by atoms with Gasteiger partial charge >= 0.3 is 0 Å². The van der Waals surface area contributed by atoms with Gasteiger partial charge in [-0.2, -0.15) is 0 Å². The molecule has 0 radical (unpaired) electrons. The Labute approximate surface area is 176 Å². The number of halogens is 1. The van der Waals surface area contributed by atoms with Crippen LogP contribution in [-0.4, -0.2) is 32.8 Å². The molecule has 3 aromatic rings. The van der Waals surface area contributed by atoms with E-state index < -0.39 is 17.2 Å². The van der Waals surface area contributed by atoms with Crippen molar-refractivity contribution >= 4 is 23.1 Å². The number of ether oxygens (including phenoxy) is 1. The summed E-state index contributed by atoms with van der Waals surface area (Å²) in [5.74, 6) is -1.15. The van der Waals surface area contributed by atoms with E-state index in [9.17, 15) is 19.1 Å². The van der Waals surface area contributed by atoms with Gasteiger partial charge in [-0.1, -0.05) is 12.1 Å². The largest absolute Gasteiger partial charge is 0.505 e. The highest BCUT2D eigenvalue weighted by atomic mass is 19.1. The van der Waals surface area contributed by atoms with Crippen molar-refractivity contribution < 1.29 is 19.0 Å². The number of nitrogens with zero attached hydrogens (tertiary/aromatic N) is 2. The van der Waals surface area contributed by atoms with E-state index in [1.807, 2.05) is 0 Å². The lowest BCUT2D eigenvalue weighted by Gasteiger charge is -2.20. The quantitative estimate of drug-likeness (QED) is 0.549. The Morgan fingerprint density at radius 1 is 1.29 bits per heavy atom. The van der Waals surface area contributed by atoms with Crippen LogP contribution >= 0.6 is 0 Å². The molecule has 0 spiro atoms. The Morgan fingerprint density at radius 2 is 2.00 bits per heavy atom. The second kappa shape index (κ2) is 7.51. The molecule has 1 atom stereocenters. The lowest BCUT2D eigenvalue weighted by atomic mass is 10.1. The number of rotatable bonds is 4. The molecule has 4 rings (SSSR count). The Hall–Kier alpha value is -3.72. The summed E-state index contributed by atoms with van der Waals surface area (Å²) in [6, 6.07) is 7.74. The molecule has 1 amide bonds. The molecule has 0 bridgehead atoms. The summed E-state index contributed by atoms with van der Waals surface area (Å²) < 4.78 is 20.0. The number of nitrogens with two attached hydrogens (primary N) is 1. The van der Waals surface area contributed by atoms with Gasteiger partial charge in [0.05, 0.1) is 23.8 Å². The van der Waals surface area contributed by atoms with Crippen LogP contribution in [0.4, 0.5) is 4.39 Å². The van der Waals surface area contributed by atoms with Gasteiger partial charge in [0.15, 0.2) is 11.5 Å². The minimum Gasteiger partial charge on any atom is -0.505 e. The van der Waals surface area contributed by atoms with Crippen molar-refractivity contribution in [3.8, 4) is 5.75 Å². The lowest BCUT2D eigenvalue weighted by Crippen LogP contribution is -2.46. The van der Waals surface area contributed by atoms with Crippen molar-refractivity contribution in [1.29, 1.82) is 0 Å².